The van der Waals surface area contributed by atoms with Crippen molar-refractivity contribution in [2.24, 2.45) is 0 Å². The first kappa shape index (κ1) is 14.3. The third-order valence-corrected chi connectivity index (χ3v) is 4.57. The van der Waals surface area contributed by atoms with Crippen molar-refractivity contribution in [3.05, 3.63) is 11.3 Å². The summed E-state index contributed by atoms with van der Waals surface area (Å²) in [6.07, 6.45) is 6.09. The molecular weight excluding hydrogens is 260 g/mol. The molecular formula is C14H22N2O2S. The quantitative estimate of drug-likeness (QED) is 0.854. The average Bonchev–Trinajstić information content (AvgIpc) is 2.71. The topological polar surface area (TPSA) is 51.2 Å². The van der Waals surface area contributed by atoms with Gasteiger partial charge in [0, 0.05) is 5.54 Å². The van der Waals surface area contributed by atoms with E-state index in [0.29, 0.717) is 12.2 Å². The molecule has 1 fully saturated rings. The lowest BCUT2D eigenvalue weighted by Gasteiger charge is -2.35. The number of nitrogens with zero attached hydrogens (tertiary/aromatic N) is 1. The molecule has 0 saturated heterocycles. The lowest BCUT2D eigenvalue weighted by Crippen LogP contribution is -2.36. The van der Waals surface area contributed by atoms with E-state index in [-0.39, 0.29) is 11.5 Å². The Morgan fingerprint density at radius 3 is 2.74 bits per heavy atom. The monoisotopic (exact) mass is 282 g/mol. The fourth-order valence-electron chi connectivity index (χ4n) is 2.63. The van der Waals surface area contributed by atoms with Gasteiger partial charge < -0.3 is 10.1 Å². The number of carbonyl (C=O) groups excluding carboxylic acids is 1. The van der Waals surface area contributed by atoms with Crippen molar-refractivity contribution in [1.82, 2.24) is 4.37 Å². The molecule has 106 valence electrons. The highest BCUT2D eigenvalue weighted by Gasteiger charge is 2.30. The zero-order valence-corrected chi connectivity index (χ0v) is 12.7. The van der Waals surface area contributed by atoms with Crippen LogP contribution in [0.1, 0.15) is 62.0 Å². The second kappa shape index (κ2) is 5.90. The molecule has 4 nitrogen and oxygen atoms in total. The molecule has 0 aliphatic heterocycles. The summed E-state index contributed by atoms with van der Waals surface area (Å²) in [4.78, 5) is 12.0. The number of aromatic nitrogens is 1. The highest BCUT2D eigenvalue weighted by molar-refractivity contribution is 7.10. The van der Waals surface area contributed by atoms with E-state index < -0.39 is 0 Å². The zero-order valence-electron chi connectivity index (χ0n) is 11.9. The standard InChI is InChI=1S/C14H22N2O2S/c1-4-18-13(17)11-10(2)16-19-12(11)15-14(3)8-6-5-7-9-14/h15H,4-9H2,1-3H3. The number of esters is 1. The summed E-state index contributed by atoms with van der Waals surface area (Å²) in [5.41, 5.74) is 1.45. The summed E-state index contributed by atoms with van der Waals surface area (Å²) < 4.78 is 9.41. The van der Waals surface area contributed by atoms with Crippen molar-refractivity contribution in [3.63, 3.8) is 0 Å². The summed E-state index contributed by atoms with van der Waals surface area (Å²) in [5.74, 6) is -0.268. The van der Waals surface area contributed by atoms with Gasteiger partial charge >= 0.3 is 5.97 Å². The third kappa shape index (κ3) is 3.26. The van der Waals surface area contributed by atoms with Crippen molar-refractivity contribution < 1.29 is 9.53 Å². The molecule has 2 rings (SSSR count). The molecule has 1 aromatic heterocycles. The van der Waals surface area contributed by atoms with Crippen LogP contribution in [0.4, 0.5) is 5.00 Å². The molecule has 1 aliphatic rings. The van der Waals surface area contributed by atoms with Crippen molar-refractivity contribution in [2.45, 2.75) is 58.4 Å². The van der Waals surface area contributed by atoms with Crippen molar-refractivity contribution in [1.29, 1.82) is 0 Å². The maximum atomic E-state index is 12.0. The van der Waals surface area contributed by atoms with E-state index in [1.54, 1.807) is 0 Å². The lowest BCUT2D eigenvalue weighted by molar-refractivity contribution is 0.0527. The van der Waals surface area contributed by atoms with Crippen molar-refractivity contribution in [2.75, 3.05) is 11.9 Å². The molecule has 0 spiro atoms. The molecule has 1 N–H and O–H groups in total. The van der Waals surface area contributed by atoms with Crippen LogP contribution in [-0.2, 0) is 4.74 Å². The van der Waals surface area contributed by atoms with E-state index in [0.717, 1.165) is 23.5 Å². The van der Waals surface area contributed by atoms with Crippen LogP contribution in [0.15, 0.2) is 0 Å². The minimum atomic E-state index is -0.268. The summed E-state index contributed by atoms with van der Waals surface area (Å²) in [7, 11) is 0. The normalized spacial score (nSPS) is 18.1. The maximum Gasteiger partial charge on any atom is 0.343 e. The van der Waals surface area contributed by atoms with E-state index in [1.807, 2.05) is 13.8 Å². The Labute approximate surface area is 118 Å². The van der Waals surface area contributed by atoms with Crippen LogP contribution in [0.5, 0.6) is 0 Å². The van der Waals surface area contributed by atoms with E-state index in [2.05, 4.69) is 16.6 Å². The Bertz CT molecular complexity index is 450. The number of carbonyl (C=O) groups is 1. The van der Waals surface area contributed by atoms with Gasteiger partial charge in [-0.05, 0) is 45.1 Å². The van der Waals surface area contributed by atoms with Crippen LogP contribution in [0, 0.1) is 6.92 Å². The molecule has 0 bridgehead atoms. The molecule has 0 unspecified atom stereocenters. The summed E-state index contributed by atoms with van der Waals surface area (Å²) in [5, 5.41) is 4.40. The highest BCUT2D eigenvalue weighted by Crippen LogP contribution is 2.35. The fourth-order valence-corrected chi connectivity index (χ4v) is 3.56. The van der Waals surface area contributed by atoms with Crippen LogP contribution in [0.25, 0.3) is 0 Å². The first-order chi connectivity index (χ1) is 9.06. The maximum absolute atomic E-state index is 12.0. The van der Waals surface area contributed by atoms with Crippen LogP contribution in [0.2, 0.25) is 0 Å². The molecule has 0 amide bonds. The van der Waals surface area contributed by atoms with Gasteiger partial charge in [-0.15, -0.1) is 0 Å². The Kier molecular flexibility index (Phi) is 4.45. The van der Waals surface area contributed by atoms with E-state index >= 15 is 0 Å². The molecule has 1 heterocycles. The van der Waals surface area contributed by atoms with E-state index in [1.165, 1.54) is 30.8 Å². The first-order valence-corrected chi connectivity index (χ1v) is 7.74. The van der Waals surface area contributed by atoms with Gasteiger partial charge in [0.25, 0.3) is 0 Å². The number of hydrogen-bond donors (Lipinski definition) is 1. The minimum Gasteiger partial charge on any atom is -0.462 e. The number of rotatable bonds is 4. The molecule has 1 aliphatic carbocycles. The van der Waals surface area contributed by atoms with Gasteiger partial charge in [-0.2, -0.15) is 4.37 Å². The summed E-state index contributed by atoms with van der Waals surface area (Å²) >= 11 is 1.36. The van der Waals surface area contributed by atoms with Gasteiger partial charge in [-0.3, -0.25) is 0 Å². The van der Waals surface area contributed by atoms with Crippen molar-refractivity contribution >= 4 is 22.5 Å². The molecule has 1 aromatic rings. The molecule has 5 heteroatoms. The Balaban J connectivity index is 2.18. The predicted molar refractivity (Wildman–Crippen MR) is 77.9 cm³/mol. The fraction of sp³-hybridized carbons (Fsp3) is 0.714. The lowest BCUT2D eigenvalue weighted by atomic mass is 9.83. The molecule has 1 saturated carbocycles. The first-order valence-electron chi connectivity index (χ1n) is 6.97. The SMILES string of the molecule is CCOC(=O)c1c(C)nsc1NC1(C)CCCCC1. The van der Waals surface area contributed by atoms with Gasteiger partial charge in [-0.25, -0.2) is 4.79 Å². The summed E-state index contributed by atoms with van der Waals surface area (Å²) in [6, 6.07) is 0. The third-order valence-electron chi connectivity index (χ3n) is 3.71. The van der Waals surface area contributed by atoms with Gasteiger partial charge in [0.1, 0.15) is 10.6 Å². The van der Waals surface area contributed by atoms with Gasteiger partial charge in [0.15, 0.2) is 0 Å². The zero-order chi connectivity index (χ0) is 13.9. The molecule has 0 aromatic carbocycles. The number of nitrogens with one attached hydrogen (secondary N) is 1. The number of anilines is 1. The van der Waals surface area contributed by atoms with Crippen LogP contribution in [0.3, 0.4) is 0 Å². The second-order valence-corrected chi connectivity index (χ2v) is 6.21. The number of aryl methyl sites for hydroxylation is 1. The number of hydrogen-bond acceptors (Lipinski definition) is 5. The van der Waals surface area contributed by atoms with E-state index in [4.69, 9.17) is 4.74 Å². The Morgan fingerprint density at radius 1 is 1.42 bits per heavy atom. The van der Waals surface area contributed by atoms with E-state index in [9.17, 15) is 4.79 Å². The number of ether oxygens (including phenoxy) is 1. The summed E-state index contributed by atoms with van der Waals surface area (Å²) in [6.45, 7) is 6.31. The predicted octanol–water partition coefficient (Wildman–Crippen LogP) is 3.76. The molecule has 19 heavy (non-hydrogen) atoms. The van der Waals surface area contributed by atoms with Crippen LogP contribution in [-0.4, -0.2) is 22.5 Å². The van der Waals surface area contributed by atoms with Gasteiger partial charge in [-0.1, -0.05) is 19.3 Å². The highest BCUT2D eigenvalue weighted by atomic mass is 32.1. The minimum absolute atomic E-state index is 0.0818. The Morgan fingerprint density at radius 2 is 2.11 bits per heavy atom. The Hall–Kier alpha value is -1.10. The molecule has 0 radical (unpaired) electrons. The largest absolute Gasteiger partial charge is 0.462 e. The van der Waals surface area contributed by atoms with Crippen LogP contribution >= 0.6 is 11.5 Å². The van der Waals surface area contributed by atoms with Gasteiger partial charge in [0.05, 0.1) is 12.3 Å². The van der Waals surface area contributed by atoms with Crippen LogP contribution < -0.4 is 5.32 Å². The molecule has 0 atom stereocenters. The van der Waals surface area contributed by atoms with Gasteiger partial charge in [0.2, 0.25) is 0 Å². The second-order valence-electron chi connectivity index (χ2n) is 5.44. The average molecular weight is 282 g/mol. The smallest absolute Gasteiger partial charge is 0.343 e. The van der Waals surface area contributed by atoms with Crippen molar-refractivity contribution in [3.8, 4) is 0 Å².